The molecule has 0 aliphatic carbocycles. The fraction of sp³-hybridized carbons (Fsp3) is 0.148. The minimum atomic E-state index is -0.500. The Kier molecular flexibility index (Phi) is 8.43. The van der Waals surface area contributed by atoms with Crippen LogP contribution in [-0.4, -0.2) is 37.3 Å². The van der Waals surface area contributed by atoms with Gasteiger partial charge in [0, 0.05) is 0 Å². The molecule has 0 saturated heterocycles. The Morgan fingerprint density at radius 3 is 2.23 bits per heavy atom. The van der Waals surface area contributed by atoms with Crippen LogP contribution in [0.5, 0.6) is 11.5 Å². The highest BCUT2D eigenvalue weighted by Crippen LogP contribution is 2.26. The first-order chi connectivity index (χ1) is 17.2. The van der Waals surface area contributed by atoms with Gasteiger partial charge >= 0.3 is 0 Å². The molecule has 0 radical (unpaired) electrons. The van der Waals surface area contributed by atoms with E-state index in [0.717, 1.165) is 16.0 Å². The first-order valence-corrected chi connectivity index (χ1v) is 11.8. The van der Waals surface area contributed by atoms with E-state index in [1.807, 2.05) is 60.7 Å². The smallest absolute Gasteiger partial charge is 0.268 e. The molecular weight excluding hydrogens is 462 g/mol. The molecule has 8 heteroatoms. The molecule has 0 spiro atoms. The van der Waals surface area contributed by atoms with Gasteiger partial charge in [-0.05, 0) is 48.0 Å². The Balaban J connectivity index is 1.21. The van der Waals surface area contributed by atoms with Crippen LogP contribution in [0.1, 0.15) is 5.56 Å². The summed E-state index contributed by atoms with van der Waals surface area (Å²) in [7, 11) is 0. The van der Waals surface area contributed by atoms with Crippen molar-refractivity contribution in [1.82, 2.24) is 4.98 Å². The lowest BCUT2D eigenvalue weighted by molar-refractivity contribution is -0.112. The van der Waals surface area contributed by atoms with E-state index in [-0.39, 0.29) is 5.57 Å². The van der Waals surface area contributed by atoms with Crippen LogP contribution in [0.4, 0.5) is 5.13 Å². The van der Waals surface area contributed by atoms with Gasteiger partial charge in [-0.3, -0.25) is 10.1 Å². The van der Waals surface area contributed by atoms with Gasteiger partial charge in [0.25, 0.3) is 5.91 Å². The van der Waals surface area contributed by atoms with Crippen LogP contribution in [-0.2, 0) is 9.53 Å². The number of para-hydroxylation sites is 2. The number of ether oxygens (including phenoxy) is 3. The summed E-state index contributed by atoms with van der Waals surface area (Å²) in [6.07, 6.45) is 1.53. The third-order valence-corrected chi connectivity index (χ3v) is 5.76. The van der Waals surface area contributed by atoms with Gasteiger partial charge in [0.05, 0.1) is 23.4 Å². The highest BCUT2D eigenvalue weighted by Gasteiger charge is 2.12. The zero-order chi connectivity index (χ0) is 24.3. The Morgan fingerprint density at radius 1 is 0.886 bits per heavy atom. The monoisotopic (exact) mass is 485 g/mol. The molecule has 0 bridgehead atoms. The molecule has 3 aromatic carbocycles. The third-order valence-electron chi connectivity index (χ3n) is 4.81. The normalized spacial score (nSPS) is 11.1. The van der Waals surface area contributed by atoms with E-state index in [1.165, 1.54) is 17.4 Å². The highest BCUT2D eigenvalue weighted by molar-refractivity contribution is 7.22. The van der Waals surface area contributed by atoms with Gasteiger partial charge in [-0.25, -0.2) is 4.98 Å². The summed E-state index contributed by atoms with van der Waals surface area (Å²) in [6, 6.07) is 26.3. The lowest BCUT2D eigenvalue weighted by Gasteiger charge is -2.09. The van der Waals surface area contributed by atoms with E-state index in [9.17, 15) is 10.1 Å². The van der Waals surface area contributed by atoms with Crippen LogP contribution >= 0.6 is 11.3 Å². The topological polar surface area (TPSA) is 93.5 Å². The summed E-state index contributed by atoms with van der Waals surface area (Å²) in [4.78, 5) is 16.9. The van der Waals surface area contributed by atoms with Crippen molar-refractivity contribution in [1.29, 1.82) is 5.26 Å². The molecule has 0 fully saturated rings. The number of anilines is 1. The number of hydrogen-bond acceptors (Lipinski definition) is 7. The third kappa shape index (κ3) is 7.14. The first-order valence-electron chi connectivity index (χ1n) is 11.0. The maximum Gasteiger partial charge on any atom is 0.268 e. The number of nitrogens with one attached hydrogen (secondary N) is 1. The number of rotatable bonds is 11. The molecule has 1 N–H and O–H groups in total. The van der Waals surface area contributed by atoms with E-state index in [0.29, 0.717) is 42.9 Å². The molecule has 35 heavy (non-hydrogen) atoms. The van der Waals surface area contributed by atoms with Crippen LogP contribution in [0.3, 0.4) is 0 Å². The van der Waals surface area contributed by atoms with E-state index < -0.39 is 5.91 Å². The van der Waals surface area contributed by atoms with Gasteiger partial charge in [-0.2, -0.15) is 5.26 Å². The largest absolute Gasteiger partial charge is 0.491 e. The average Bonchev–Trinajstić information content (AvgIpc) is 3.30. The van der Waals surface area contributed by atoms with Crippen molar-refractivity contribution >= 4 is 38.7 Å². The SMILES string of the molecule is N#C/C(=C\c1ccc(OCCOCCOc2ccccc2)cc1)C(=O)Nc1nc2ccccc2s1. The number of aromatic nitrogens is 1. The average molecular weight is 486 g/mol. The van der Waals surface area contributed by atoms with Gasteiger partial charge in [-0.15, -0.1) is 0 Å². The summed E-state index contributed by atoms with van der Waals surface area (Å²) >= 11 is 1.36. The number of carbonyl (C=O) groups is 1. The molecule has 4 aromatic rings. The molecule has 1 amide bonds. The molecule has 7 nitrogen and oxygen atoms in total. The second kappa shape index (κ2) is 12.3. The number of benzene rings is 3. The van der Waals surface area contributed by atoms with Crippen molar-refractivity contribution in [3.8, 4) is 17.6 Å². The van der Waals surface area contributed by atoms with Crippen LogP contribution in [0.2, 0.25) is 0 Å². The molecule has 0 aliphatic heterocycles. The Morgan fingerprint density at radius 2 is 1.54 bits per heavy atom. The zero-order valence-electron chi connectivity index (χ0n) is 18.8. The number of amides is 1. The van der Waals surface area contributed by atoms with Crippen LogP contribution in [0.25, 0.3) is 16.3 Å². The van der Waals surface area contributed by atoms with E-state index in [1.54, 1.807) is 24.3 Å². The quantitative estimate of drug-likeness (QED) is 0.176. The minimum Gasteiger partial charge on any atom is -0.491 e. The highest BCUT2D eigenvalue weighted by atomic mass is 32.1. The van der Waals surface area contributed by atoms with E-state index in [2.05, 4.69) is 10.3 Å². The number of fused-ring (bicyclic) bond motifs is 1. The van der Waals surface area contributed by atoms with Crippen molar-refractivity contribution in [3.63, 3.8) is 0 Å². The molecule has 0 saturated carbocycles. The molecule has 4 rings (SSSR count). The Bertz CT molecular complexity index is 1300. The summed E-state index contributed by atoms with van der Waals surface area (Å²) < 4.78 is 17.7. The number of thiazole rings is 1. The maximum absolute atomic E-state index is 12.5. The fourth-order valence-electron chi connectivity index (χ4n) is 3.12. The number of carbonyl (C=O) groups excluding carboxylic acids is 1. The lowest BCUT2D eigenvalue weighted by Crippen LogP contribution is -2.13. The molecule has 1 aromatic heterocycles. The van der Waals surface area contributed by atoms with Gasteiger partial charge in [0.2, 0.25) is 0 Å². The number of nitrogens with zero attached hydrogens (tertiary/aromatic N) is 2. The number of hydrogen-bond donors (Lipinski definition) is 1. The summed E-state index contributed by atoms with van der Waals surface area (Å²) in [5, 5.41) is 12.6. The van der Waals surface area contributed by atoms with Crippen LogP contribution < -0.4 is 14.8 Å². The molecule has 0 aliphatic rings. The molecule has 0 atom stereocenters. The van der Waals surface area contributed by atoms with Gasteiger partial charge in [0.15, 0.2) is 5.13 Å². The standard InChI is InChI=1S/C27H23N3O4S/c28-19-21(26(31)30-27-29-24-8-4-5-9-25(24)35-27)18-20-10-12-23(13-11-20)34-17-15-32-14-16-33-22-6-2-1-3-7-22/h1-13,18H,14-17H2,(H,29,30,31)/b21-18+. The number of nitriles is 1. The summed E-state index contributed by atoms with van der Waals surface area (Å²) in [5.74, 6) is 0.985. The molecular formula is C27H23N3O4S. The maximum atomic E-state index is 12.5. The molecule has 176 valence electrons. The molecule has 0 unspecified atom stereocenters. The van der Waals surface area contributed by atoms with Crippen molar-refractivity contribution in [2.24, 2.45) is 0 Å². The predicted molar refractivity (Wildman–Crippen MR) is 137 cm³/mol. The summed E-state index contributed by atoms with van der Waals surface area (Å²) in [5.41, 5.74) is 1.50. The fourth-order valence-corrected chi connectivity index (χ4v) is 3.98. The Hall–Kier alpha value is -4.19. The lowest BCUT2D eigenvalue weighted by atomic mass is 10.1. The van der Waals surface area contributed by atoms with Crippen LogP contribution in [0.15, 0.2) is 84.4 Å². The van der Waals surface area contributed by atoms with Gasteiger partial charge < -0.3 is 14.2 Å². The Labute approximate surface area is 207 Å². The van der Waals surface area contributed by atoms with Crippen molar-refractivity contribution < 1.29 is 19.0 Å². The van der Waals surface area contributed by atoms with E-state index >= 15 is 0 Å². The van der Waals surface area contributed by atoms with Gasteiger partial charge in [0.1, 0.15) is 36.4 Å². The first kappa shape index (κ1) is 24.0. The predicted octanol–water partition coefficient (Wildman–Crippen LogP) is 5.32. The van der Waals surface area contributed by atoms with Gasteiger partial charge in [-0.1, -0.05) is 53.8 Å². The zero-order valence-corrected chi connectivity index (χ0v) is 19.7. The van der Waals surface area contributed by atoms with Crippen molar-refractivity contribution in [2.45, 2.75) is 0 Å². The van der Waals surface area contributed by atoms with Crippen LogP contribution in [0, 0.1) is 11.3 Å². The minimum absolute atomic E-state index is 0.0101. The second-order valence-electron chi connectivity index (χ2n) is 7.30. The second-order valence-corrected chi connectivity index (χ2v) is 8.33. The molecule has 1 heterocycles. The van der Waals surface area contributed by atoms with Crippen molar-refractivity contribution in [3.05, 3.63) is 90.0 Å². The summed E-state index contributed by atoms with van der Waals surface area (Å²) in [6.45, 7) is 1.77. The van der Waals surface area contributed by atoms with Crippen molar-refractivity contribution in [2.75, 3.05) is 31.7 Å². The van der Waals surface area contributed by atoms with E-state index in [4.69, 9.17) is 14.2 Å².